The van der Waals surface area contributed by atoms with Crippen molar-refractivity contribution in [2.75, 3.05) is 13.2 Å². The van der Waals surface area contributed by atoms with Gasteiger partial charge in [0.2, 0.25) is 0 Å². The van der Waals surface area contributed by atoms with Gasteiger partial charge in [-0.25, -0.2) is 0 Å². The molecule has 1 unspecified atom stereocenters. The van der Waals surface area contributed by atoms with Crippen LogP contribution in [-0.2, 0) is 6.42 Å². The van der Waals surface area contributed by atoms with Crippen LogP contribution in [0.5, 0.6) is 5.75 Å². The smallest absolute Gasteiger partial charge is 0.137 e. The second-order valence-corrected chi connectivity index (χ2v) is 4.78. The fourth-order valence-corrected chi connectivity index (χ4v) is 2.60. The van der Waals surface area contributed by atoms with Crippen LogP contribution in [0.4, 0.5) is 0 Å². The molecule has 3 heteroatoms. The van der Waals surface area contributed by atoms with Crippen molar-refractivity contribution in [3.8, 4) is 5.75 Å². The Kier molecular flexibility index (Phi) is 3.75. The first-order valence-corrected chi connectivity index (χ1v) is 6.77. The first-order valence-electron chi connectivity index (χ1n) is 6.77. The molecular formula is C16H18N2O. The average molecular weight is 254 g/mol. The summed E-state index contributed by atoms with van der Waals surface area (Å²) in [5.74, 6) is 0.830. The molecule has 1 aromatic carbocycles. The molecule has 0 spiro atoms. The number of nitrogens with zero attached hydrogens (tertiary/aromatic N) is 1. The molecule has 1 aromatic heterocycles. The lowest BCUT2D eigenvalue weighted by atomic mass is 10.1. The highest BCUT2D eigenvalue weighted by Gasteiger charge is 2.20. The van der Waals surface area contributed by atoms with E-state index < -0.39 is 0 Å². The fourth-order valence-electron chi connectivity index (χ4n) is 2.60. The van der Waals surface area contributed by atoms with Crippen LogP contribution in [-0.4, -0.2) is 18.1 Å². The van der Waals surface area contributed by atoms with Crippen LogP contribution in [0.3, 0.4) is 0 Å². The lowest BCUT2D eigenvalue weighted by Gasteiger charge is -2.14. The predicted molar refractivity (Wildman–Crippen MR) is 75.2 cm³/mol. The van der Waals surface area contributed by atoms with E-state index in [1.165, 1.54) is 24.0 Å². The molecule has 0 aliphatic heterocycles. The molecule has 2 aromatic rings. The Bertz CT molecular complexity index is 527. The van der Waals surface area contributed by atoms with Crippen molar-refractivity contribution in [1.82, 2.24) is 10.3 Å². The zero-order chi connectivity index (χ0) is 12.9. The zero-order valence-corrected chi connectivity index (χ0v) is 10.9. The number of hydrogen-bond donors (Lipinski definition) is 1. The molecule has 0 fully saturated rings. The van der Waals surface area contributed by atoms with Gasteiger partial charge in [-0.15, -0.1) is 0 Å². The Morgan fingerprint density at radius 1 is 1.21 bits per heavy atom. The number of rotatable bonds is 5. The second kappa shape index (κ2) is 5.85. The third-order valence-corrected chi connectivity index (χ3v) is 3.53. The van der Waals surface area contributed by atoms with Crippen molar-refractivity contribution < 1.29 is 4.74 Å². The van der Waals surface area contributed by atoms with Gasteiger partial charge in [0.25, 0.3) is 0 Å². The molecule has 3 rings (SSSR count). The van der Waals surface area contributed by atoms with E-state index in [0.717, 1.165) is 12.3 Å². The molecule has 19 heavy (non-hydrogen) atoms. The number of hydrogen-bond acceptors (Lipinski definition) is 3. The maximum Gasteiger partial charge on any atom is 0.137 e. The summed E-state index contributed by atoms with van der Waals surface area (Å²) < 4.78 is 5.63. The number of aromatic nitrogens is 1. The molecule has 0 radical (unpaired) electrons. The minimum atomic E-state index is 0.480. The summed E-state index contributed by atoms with van der Waals surface area (Å²) in [4.78, 5) is 4.03. The van der Waals surface area contributed by atoms with Gasteiger partial charge in [0, 0.05) is 18.8 Å². The average Bonchev–Trinajstić information content (AvgIpc) is 2.88. The molecular weight excluding hydrogens is 236 g/mol. The van der Waals surface area contributed by atoms with Gasteiger partial charge in [0.05, 0.1) is 6.20 Å². The molecule has 0 amide bonds. The van der Waals surface area contributed by atoms with Gasteiger partial charge in [-0.05, 0) is 36.1 Å². The predicted octanol–water partition coefficient (Wildman–Crippen LogP) is 2.74. The van der Waals surface area contributed by atoms with E-state index >= 15 is 0 Å². The maximum absolute atomic E-state index is 5.63. The van der Waals surface area contributed by atoms with Crippen LogP contribution in [0, 0.1) is 0 Å². The molecule has 1 aliphatic rings. The minimum absolute atomic E-state index is 0.480. The van der Waals surface area contributed by atoms with Gasteiger partial charge in [0.15, 0.2) is 0 Å². The van der Waals surface area contributed by atoms with Crippen molar-refractivity contribution in [1.29, 1.82) is 0 Å². The van der Waals surface area contributed by atoms with Gasteiger partial charge < -0.3 is 10.1 Å². The molecule has 3 nitrogen and oxygen atoms in total. The summed E-state index contributed by atoms with van der Waals surface area (Å²) in [7, 11) is 0. The molecule has 0 bridgehead atoms. The summed E-state index contributed by atoms with van der Waals surface area (Å²) in [5, 5.41) is 3.56. The number of nitrogens with one attached hydrogen (secondary N) is 1. The van der Waals surface area contributed by atoms with Crippen LogP contribution >= 0.6 is 0 Å². The van der Waals surface area contributed by atoms with E-state index in [1.807, 2.05) is 12.1 Å². The zero-order valence-electron chi connectivity index (χ0n) is 10.9. The lowest BCUT2D eigenvalue weighted by Crippen LogP contribution is -2.24. The summed E-state index contributed by atoms with van der Waals surface area (Å²) in [6.07, 6.45) is 5.86. The van der Waals surface area contributed by atoms with Crippen LogP contribution in [0.25, 0.3) is 0 Å². The molecule has 1 heterocycles. The van der Waals surface area contributed by atoms with Crippen LogP contribution < -0.4 is 10.1 Å². The van der Waals surface area contributed by atoms with E-state index in [0.29, 0.717) is 12.6 Å². The monoisotopic (exact) mass is 254 g/mol. The van der Waals surface area contributed by atoms with Gasteiger partial charge in [-0.1, -0.05) is 24.3 Å². The fraction of sp³-hybridized carbons (Fsp3) is 0.312. The molecule has 1 N–H and O–H groups in total. The number of aryl methyl sites for hydroxylation is 1. The Hall–Kier alpha value is -1.87. The maximum atomic E-state index is 5.63. The Morgan fingerprint density at radius 3 is 3.05 bits per heavy atom. The van der Waals surface area contributed by atoms with Gasteiger partial charge in [-0.2, -0.15) is 0 Å². The quantitative estimate of drug-likeness (QED) is 0.833. The lowest BCUT2D eigenvalue weighted by molar-refractivity contribution is 0.304. The highest BCUT2D eigenvalue weighted by Crippen LogP contribution is 2.30. The minimum Gasteiger partial charge on any atom is -0.491 e. The number of benzene rings is 1. The number of ether oxygens (including phenoxy) is 1. The van der Waals surface area contributed by atoms with E-state index in [-0.39, 0.29) is 0 Å². The number of pyridine rings is 1. The third-order valence-electron chi connectivity index (χ3n) is 3.53. The first kappa shape index (κ1) is 12.2. The molecule has 98 valence electrons. The van der Waals surface area contributed by atoms with Gasteiger partial charge in [0.1, 0.15) is 12.4 Å². The molecule has 0 saturated heterocycles. The Balaban J connectivity index is 1.47. The summed E-state index contributed by atoms with van der Waals surface area (Å²) in [6.45, 7) is 1.53. The molecule has 0 saturated carbocycles. The van der Waals surface area contributed by atoms with E-state index in [4.69, 9.17) is 4.74 Å². The second-order valence-electron chi connectivity index (χ2n) is 4.78. The van der Waals surface area contributed by atoms with Crippen molar-refractivity contribution in [2.45, 2.75) is 18.9 Å². The normalized spacial score (nSPS) is 17.2. The Labute approximate surface area is 113 Å². The van der Waals surface area contributed by atoms with E-state index in [2.05, 4.69) is 34.6 Å². The van der Waals surface area contributed by atoms with Crippen molar-refractivity contribution in [2.24, 2.45) is 0 Å². The third kappa shape index (κ3) is 2.93. The highest BCUT2D eigenvalue weighted by molar-refractivity contribution is 5.34. The largest absolute Gasteiger partial charge is 0.491 e. The van der Waals surface area contributed by atoms with Gasteiger partial charge in [-0.3, -0.25) is 4.98 Å². The van der Waals surface area contributed by atoms with E-state index in [9.17, 15) is 0 Å². The van der Waals surface area contributed by atoms with Gasteiger partial charge >= 0.3 is 0 Å². The van der Waals surface area contributed by atoms with Crippen LogP contribution in [0.2, 0.25) is 0 Å². The van der Waals surface area contributed by atoms with Crippen LogP contribution in [0.15, 0.2) is 48.8 Å². The van der Waals surface area contributed by atoms with Crippen molar-refractivity contribution in [3.63, 3.8) is 0 Å². The number of fused-ring (bicyclic) bond motifs is 1. The summed E-state index contributed by atoms with van der Waals surface area (Å²) in [6, 6.07) is 13.0. The Morgan fingerprint density at radius 2 is 2.16 bits per heavy atom. The SMILES string of the molecule is c1cncc(OCCNC2CCc3ccccc32)c1. The summed E-state index contributed by atoms with van der Waals surface area (Å²) >= 11 is 0. The topological polar surface area (TPSA) is 34.1 Å². The molecule has 1 atom stereocenters. The van der Waals surface area contributed by atoms with Crippen molar-refractivity contribution in [3.05, 3.63) is 59.9 Å². The van der Waals surface area contributed by atoms with E-state index in [1.54, 1.807) is 12.4 Å². The molecule has 1 aliphatic carbocycles. The summed E-state index contributed by atoms with van der Waals surface area (Å²) in [5.41, 5.74) is 2.93. The standard InChI is InChI=1S/C16H18N2O/c1-2-6-15-13(4-1)7-8-16(15)18-10-11-19-14-5-3-9-17-12-14/h1-6,9,12,16,18H,7-8,10-11H2. The highest BCUT2D eigenvalue weighted by atomic mass is 16.5. The first-order chi connectivity index (χ1) is 9.43. The van der Waals surface area contributed by atoms with Crippen LogP contribution in [0.1, 0.15) is 23.6 Å². The van der Waals surface area contributed by atoms with Crippen molar-refractivity contribution >= 4 is 0 Å².